The van der Waals surface area contributed by atoms with Crippen LogP contribution in [0.1, 0.15) is 64.2 Å². The molecular weight excluding hydrogens is 278 g/mol. The van der Waals surface area contributed by atoms with E-state index in [2.05, 4.69) is 5.32 Å². The van der Waals surface area contributed by atoms with Crippen molar-refractivity contribution in [3.63, 3.8) is 0 Å². The van der Waals surface area contributed by atoms with Gasteiger partial charge < -0.3 is 15.1 Å². The molecule has 1 aliphatic carbocycles. The second-order valence-electron chi connectivity index (χ2n) is 7.07. The summed E-state index contributed by atoms with van der Waals surface area (Å²) in [5.41, 5.74) is 0. The van der Waals surface area contributed by atoms with Crippen molar-refractivity contribution in [1.82, 2.24) is 15.1 Å². The van der Waals surface area contributed by atoms with Gasteiger partial charge in [-0.1, -0.05) is 19.3 Å². The number of carbonyl (C=O) groups is 2. The second kappa shape index (κ2) is 7.34. The van der Waals surface area contributed by atoms with Gasteiger partial charge in [0, 0.05) is 32.1 Å². The maximum atomic E-state index is 12.6. The Balaban J connectivity index is 1.56. The normalized spacial score (nSPS) is 27.3. The van der Waals surface area contributed by atoms with Gasteiger partial charge >= 0.3 is 6.03 Å². The number of amides is 3. The van der Waals surface area contributed by atoms with Crippen molar-refractivity contribution in [3.8, 4) is 0 Å². The van der Waals surface area contributed by atoms with Gasteiger partial charge in [0.25, 0.3) is 0 Å². The molecule has 22 heavy (non-hydrogen) atoms. The average Bonchev–Trinajstić information content (AvgIpc) is 2.94. The molecule has 0 bridgehead atoms. The van der Waals surface area contributed by atoms with E-state index in [9.17, 15) is 9.59 Å². The number of carbonyl (C=O) groups excluding carboxylic acids is 2. The highest BCUT2D eigenvalue weighted by molar-refractivity contribution is 5.78. The fourth-order valence-electron chi connectivity index (χ4n) is 4.11. The monoisotopic (exact) mass is 307 g/mol. The smallest absolute Gasteiger partial charge is 0.317 e. The molecule has 2 saturated heterocycles. The van der Waals surface area contributed by atoms with Crippen LogP contribution in [0.3, 0.4) is 0 Å². The Morgan fingerprint density at radius 3 is 2.50 bits per heavy atom. The first kappa shape index (κ1) is 15.6. The first-order valence-corrected chi connectivity index (χ1v) is 9.09. The molecule has 1 saturated carbocycles. The number of piperidine rings is 1. The summed E-state index contributed by atoms with van der Waals surface area (Å²) in [4.78, 5) is 28.5. The number of nitrogens with zero attached hydrogens (tertiary/aromatic N) is 2. The van der Waals surface area contributed by atoms with E-state index < -0.39 is 0 Å². The summed E-state index contributed by atoms with van der Waals surface area (Å²) in [6, 6.07) is 0.667. The maximum Gasteiger partial charge on any atom is 0.317 e. The van der Waals surface area contributed by atoms with Crippen LogP contribution >= 0.6 is 0 Å². The van der Waals surface area contributed by atoms with Gasteiger partial charge in [-0.2, -0.15) is 0 Å². The SMILES string of the molecule is O=C1CCCN1C[C@@H]1CCCCN1C(=O)NC1CCCCC1. The number of urea groups is 1. The van der Waals surface area contributed by atoms with Crippen molar-refractivity contribution in [3.05, 3.63) is 0 Å². The van der Waals surface area contributed by atoms with E-state index in [0.29, 0.717) is 12.5 Å². The summed E-state index contributed by atoms with van der Waals surface area (Å²) in [6.07, 6.45) is 10.9. The van der Waals surface area contributed by atoms with Crippen LogP contribution in [0.2, 0.25) is 0 Å². The molecule has 3 rings (SSSR count). The Kier molecular flexibility index (Phi) is 5.21. The fourth-order valence-corrected chi connectivity index (χ4v) is 4.11. The quantitative estimate of drug-likeness (QED) is 0.871. The zero-order chi connectivity index (χ0) is 15.4. The fraction of sp³-hybridized carbons (Fsp3) is 0.882. The van der Waals surface area contributed by atoms with Crippen LogP contribution in [0.4, 0.5) is 4.79 Å². The van der Waals surface area contributed by atoms with E-state index in [4.69, 9.17) is 0 Å². The van der Waals surface area contributed by atoms with Crippen LogP contribution in [-0.4, -0.2) is 53.5 Å². The summed E-state index contributed by atoms with van der Waals surface area (Å²) in [7, 11) is 0. The lowest BCUT2D eigenvalue weighted by molar-refractivity contribution is -0.128. The molecule has 2 heterocycles. The van der Waals surface area contributed by atoms with Crippen molar-refractivity contribution < 1.29 is 9.59 Å². The summed E-state index contributed by atoms with van der Waals surface area (Å²) in [5, 5.41) is 3.24. The van der Waals surface area contributed by atoms with Gasteiger partial charge in [0.05, 0.1) is 6.04 Å². The van der Waals surface area contributed by atoms with Gasteiger partial charge in [0.15, 0.2) is 0 Å². The lowest BCUT2D eigenvalue weighted by Gasteiger charge is -2.39. The van der Waals surface area contributed by atoms with Crippen molar-refractivity contribution >= 4 is 11.9 Å². The van der Waals surface area contributed by atoms with Gasteiger partial charge in [-0.25, -0.2) is 4.79 Å². The highest BCUT2D eigenvalue weighted by Gasteiger charge is 2.32. The molecule has 3 amide bonds. The minimum absolute atomic E-state index is 0.100. The molecule has 5 nitrogen and oxygen atoms in total. The highest BCUT2D eigenvalue weighted by atomic mass is 16.2. The third kappa shape index (κ3) is 3.73. The summed E-state index contributed by atoms with van der Waals surface area (Å²) >= 11 is 0. The van der Waals surface area contributed by atoms with Crippen LogP contribution < -0.4 is 5.32 Å². The number of hydrogen-bond acceptors (Lipinski definition) is 2. The molecule has 0 spiro atoms. The first-order chi connectivity index (χ1) is 10.7. The molecule has 0 unspecified atom stereocenters. The van der Waals surface area contributed by atoms with E-state index in [1.54, 1.807) is 0 Å². The minimum atomic E-state index is 0.100. The molecule has 124 valence electrons. The van der Waals surface area contributed by atoms with Gasteiger partial charge in [-0.15, -0.1) is 0 Å². The molecule has 5 heteroatoms. The van der Waals surface area contributed by atoms with Gasteiger partial charge in [-0.3, -0.25) is 4.79 Å². The minimum Gasteiger partial charge on any atom is -0.341 e. The second-order valence-corrected chi connectivity index (χ2v) is 7.07. The predicted octanol–water partition coefficient (Wildman–Crippen LogP) is 2.51. The molecule has 0 aromatic rings. The van der Waals surface area contributed by atoms with Crippen LogP contribution in [0.15, 0.2) is 0 Å². The summed E-state index contributed by atoms with van der Waals surface area (Å²) in [5.74, 6) is 0.262. The number of hydrogen-bond donors (Lipinski definition) is 1. The maximum absolute atomic E-state index is 12.6. The summed E-state index contributed by atoms with van der Waals surface area (Å²) in [6.45, 7) is 2.44. The Morgan fingerprint density at radius 2 is 1.77 bits per heavy atom. The van der Waals surface area contributed by atoms with Crippen molar-refractivity contribution in [2.24, 2.45) is 0 Å². The third-order valence-electron chi connectivity index (χ3n) is 5.42. The number of rotatable bonds is 3. The Hall–Kier alpha value is -1.26. The first-order valence-electron chi connectivity index (χ1n) is 9.09. The lowest BCUT2D eigenvalue weighted by atomic mass is 9.95. The number of nitrogens with one attached hydrogen (secondary N) is 1. The lowest BCUT2D eigenvalue weighted by Crippen LogP contribution is -2.54. The van der Waals surface area contributed by atoms with Gasteiger partial charge in [-0.05, 0) is 38.5 Å². The van der Waals surface area contributed by atoms with Crippen LogP contribution in [0, 0.1) is 0 Å². The highest BCUT2D eigenvalue weighted by Crippen LogP contribution is 2.22. The van der Waals surface area contributed by atoms with Crippen molar-refractivity contribution in [1.29, 1.82) is 0 Å². The zero-order valence-electron chi connectivity index (χ0n) is 13.6. The molecule has 0 radical (unpaired) electrons. The Morgan fingerprint density at radius 1 is 1.00 bits per heavy atom. The largest absolute Gasteiger partial charge is 0.341 e. The van der Waals surface area contributed by atoms with Gasteiger partial charge in [0.2, 0.25) is 5.91 Å². The van der Waals surface area contributed by atoms with Crippen LogP contribution in [0.25, 0.3) is 0 Å². The standard InChI is InChI=1S/C17H29N3O2/c21-16-10-6-11-19(16)13-15-9-4-5-12-20(15)17(22)18-14-7-2-1-3-8-14/h14-15H,1-13H2,(H,18,22)/t15-/m0/s1. The topological polar surface area (TPSA) is 52.7 Å². The van der Waals surface area contributed by atoms with Gasteiger partial charge in [0.1, 0.15) is 0 Å². The summed E-state index contributed by atoms with van der Waals surface area (Å²) < 4.78 is 0. The molecule has 0 aromatic carbocycles. The average molecular weight is 307 g/mol. The Labute approximate surface area is 133 Å². The number of likely N-dealkylation sites (tertiary alicyclic amines) is 2. The molecule has 1 atom stereocenters. The van der Waals surface area contributed by atoms with E-state index in [1.165, 1.54) is 25.7 Å². The molecule has 0 aromatic heterocycles. The Bertz CT molecular complexity index is 407. The van der Waals surface area contributed by atoms with Crippen molar-refractivity contribution in [2.75, 3.05) is 19.6 Å². The van der Waals surface area contributed by atoms with E-state index in [-0.39, 0.29) is 18.0 Å². The molecular formula is C17H29N3O2. The molecule has 2 aliphatic heterocycles. The molecule has 3 aliphatic rings. The van der Waals surface area contributed by atoms with E-state index in [1.807, 2.05) is 9.80 Å². The van der Waals surface area contributed by atoms with E-state index in [0.717, 1.165) is 51.7 Å². The van der Waals surface area contributed by atoms with E-state index >= 15 is 0 Å². The third-order valence-corrected chi connectivity index (χ3v) is 5.42. The zero-order valence-corrected chi connectivity index (χ0v) is 13.6. The molecule has 3 fully saturated rings. The van der Waals surface area contributed by atoms with Crippen molar-refractivity contribution in [2.45, 2.75) is 76.3 Å². The predicted molar refractivity (Wildman–Crippen MR) is 85.6 cm³/mol. The van der Waals surface area contributed by atoms with Crippen LogP contribution in [0.5, 0.6) is 0 Å². The van der Waals surface area contributed by atoms with Crippen LogP contribution in [-0.2, 0) is 4.79 Å². The molecule has 1 N–H and O–H groups in total.